The number of anilines is 2. The highest BCUT2D eigenvalue weighted by atomic mass is 35.5. The van der Waals surface area contributed by atoms with E-state index in [1.807, 2.05) is 24.5 Å². The first-order chi connectivity index (χ1) is 9.71. The largest absolute Gasteiger partial charge is 0.370 e. The van der Waals surface area contributed by atoms with Crippen molar-refractivity contribution in [2.24, 2.45) is 0 Å². The molecular weight excluding hydrogens is 312 g/mol. The van der Waals surface area contributed by atoms with Crippen molar-refractivity contribution >= 4 is 46.3 Å². The summed E-state index contributed by atoms with van der Waals surface area (Å²) in [6.45, 7) is 3.75. The van der Waals surface area contributed by atoms with Crippen molar-refractivity contribution in [2.75, 3.05) is 23.4 Å². The summed E-state index contributed by atoms with van der Waals surface area (Å²) >= 11 is 9.03. The van der Waals surface area contributed by atoms with Crippen molar-refractivity contribution in [1.29, 1.82) is 0 Å². The van der Waals surface area contributed by atoms with Gasteiger partial charge in [-0.15, -0.1) is 11.3 Å². The van der Waals surface area contributed by atoms with Gasteiger partial charge in [0.05, 0.1) is 10.9 Å². The molecule has 0 aliphatic rings. The Morgan fingerprint density at radius 1 is 1.25 bits per heavy atom. The monoisotopic (exact) mass is 328 g/mol. The third-order valence-electron chi connectivity index (χ3n) is 2.52. The van der Waals surface area contributed by atoms with Crippen LogP contribution in [0.1, 0.15) is 18.2 Å². The zero-order valence-electron chi connectivity index (χ0n) is 11.4. The molecule has 108 valence electrons. The number of rotatable bonds is 7. The number of nitrogens with zero attached hydrogens (tertiary/aromatic N) is 2. The van der Waals surface area contributed by atoms with E-state index in [0.717, 1.165) is 40.6 Å². The minimum Gasteiger partial charge on any atom is -0.370 e. The van der Waals surface area contributed by atoms with Crippen molar-refractivity contribution in [3.8, 4) is 0 Å². The Labute approximate surface area is 132 Å². The van der Waals surface area contributed by atoms with E-state index in [4.69, 9.17) is 11.6 Å². The van der Waals surface area contributed by atoms with Crippen LogP contribution in [0, 0.1) is 0 Å². The first kappa shape index (κ1) is 15.4. The smallest absolute Gasteiger partial charge is 0.191 e. The third kappa shape index (κ3) is 4.54. The second-order valence-electron chi connectivity index (χ2n) is 4.11. The van der Waals surface area contributed by atoms with Gasteiger partial charge in [-0.3, -0.25) is 0 Å². The van der Waals surface area contributed by atoms with Gasteiger partial charge in [-0.05, 0) is 24.8 Å². The lowest BCUT2D eigenvalue weighted by atomic mass is 10.4. The summed E-state index contributed by atoms with van der Waals surface area (Å²) in [5, 5.41) is 7.36. The van der Waals surface area contributed by atoms with Gasteiger partial charge < -0.3 is 10.6 Å². The number of hydrogen-bond acceptors (Lipinski definition) is 6. The number of thiophene rings is 1. The molecular formula is C13H17ClN4S2. The van der Waals surface area contributed by atoms with Gasteiger partial charge in [0.1, 0.15) is 11.6 Å². The van der Waals surface area contributed by atoms with Crippen LogP contribution in [0.3, 0.4) is 0 Å². The van der Waals surface area contributed by atoms with Crippen molar-refractivity contribution in [3.63, 3.8) is 0 Å². The standard InChI is InChI=1S/C13H17ClN4S2/c1-3-6-15-11-7-12(18-13(17-11)19-2)16-8-9-4-5-10(14)20-9/h4-5,7H,3,6,8H2,1-2H3,(H2,15,16,17,18). The summed E-state index contributed by atoms with van der Waals surface area (Å²) in [7, 11) is 0. The molecule has 2 aromatic heterocycles. The van der Waals surface area contributed by atoms with Crippen LogP contribution >= 0.6 is 34.7 Å². The second-order valence-corrected chi connectivity index (χ2v) is 6.68. The van der Waals surface area contributed by atoms with Crippen LogP contribution in [-0.4, -0.2) is 22.8 Å². The number of nitrogens with one attached hydrogen (secondary N) is 2. The maximum Gasteiger partial charge on any atom is 0.191 e. The maximum atomic E-state index is 5.92. The molecule has 0 fully saturated rings. The number of halogens is 1. The molecule has 0 aliphatic heterocycles. The lowest BCUT2D eigenvalue weighted by Crippen LogP contribution is -2.06. The molecule has 0 atom stereocenters. The molecule has 0 aliphatic carbocycles. The van der Waals surface area contributed by atoms with Crippen molar-refractivity contribution in [2.45, 2.75) is 25.0 Å². The molecule has 0 aromatic carbocycles. The predicted molar refractivity (Wildman–Crippen MR) is 89.2 cm³/mol. The first-order valence-corrected chi connectivity index (χ1v) is 8.78. The minimum atomic E-state index is 0.718. The molecule has 0 saturated carbocycles. The van der Waals surface area contributed by atoms with E-state index >= 15 is 0 Å². The van der Waals surface area contributed by atoms with E-state index in [9.17, 15) is 0 Å². The van der Waals surface area contributed by atoms with E-state index in [1.165, 1.54) is 16.6 Å². The first-order valence-electron chi connectivity index (χ1n) is 6.36. The third-order valence-corrected chi connectivity index (χ3v) is 4.30. The van der Waals surface area contributed by atoms with Gasteiger partial charge in [-0.25, -0.2) is 9.97 Å². The van der Waals surface area contributed by atoms with Crippen LogP contribution in [0.2, 0.25) is 4.34 Å². The molecule has 7 heteroatoms. The minimum absolute atomic E-state index is 0.718. The van der Waals surface area contributed by atoms with Gasteiger partial charge in [-0.1, -0.05) is 30.3 Å². The van der Waals surface area contributed by atoms with Crippen molar-refractivity contribution < 1.29 is 0 Å². The SMILES string of the molecule is CCCNc1cc(NCc2ccc(Cl)s2)nc(SC)n1. The lowest BCUT2D eigenvalue weighted by Gasteiger charge is -2.09. The molecule has 2 rings (SSSR count). The Morgan fingerprint density at radius 3 is 2.60 bits per heavy atom. The quantitative estimate of drug-likeness (QED) is 0.584. The van der Waals surface area contributed by atoms with E-state index in [1.54, 1.807) is 11.3 Å². The van der Waals surface area contributed by atoms with Gasteiger partial charge >= 0.3 is 0 Å². The predicted octanol–water partition coefficient (Wildman–Crippen LogP) is 4.35. The summed E-state index contributed by atoms with van der Waals surface area (Å²) in [5.74, 6) is 1.69. The van der Waals surface area contributed by atoms with Crippen LogP contribution in [-0.2, 0) is 6.54 Å². The highest BCUT2D eigenvalue weighted by molar-refractivity contribution is 7.98. The average molecular weight is 329 g/mol. The highest BCUT2D eigenvalue weighted by Crippen LogP contribution is 2.23. The zero-order valence-corrected chi connectivity index (χ0v) is 13.8. The molecule has 0 unspecified atom stereocenters. The summed E-state index contributed by atoms with van der Waals surface area (Å²) in [4.78, 5) is 10.1. The van der Waals surface area contributed by atoms with Crippen molar-refractivity contribution in [3.05, 3.63) is 27.4 Å². The Morgan fingerprint density at radius 2 is 2.00 bits per heavy atom. The summed E-state index contributed by atoms with van der Waals surface area (Å²) in [6, 6.07) is 5.86. The second kappa shape index (κ2) is 7.71. The molecule has 0 radical (unpaired) electrons. The van der Waals surface area contributed by atoms with Gasteiger partial charge in [-0.2, -0.15) is 0 Å². The Balaban J connectivity index is 2.05. The molecule has 20 heavy (non-hydrogen) atoms. The summed E-state index contributed by atoms with van der Waals surface area (Å²) in [5.41, 5.74) is 0. The van der Waals surface area contributed by atoms with Gasteiger partial charge in [0.15, 0.2) is 5.16 Å². The molecule has 2 aromatic rings. The topological polar surface area (TPSA) is 49.8 Å². The van der Waals surface area contributed by atoms with Crippen LogP contribution < -0.4 is 10.6 Å². The van der Waals surface area contributed by atoms with E-state index in [2.05, 4.69) is 27.5 Å². The molecule has 0 spiro atoms. The van der Waals surface area contributed by atoms with E-state index in [-0.39, 0.29) is 0 Å². The zero-order chi connectivity index (χ0) is 14.4. The average Bonchev–Trinajstić information content (AvgIpc) is 2.88. The normalized spacial score (nSPS) is 10.6. The molecule has 4 nitrogen and oxygen atoms in total. The highest BCUT2D eigenvalue weighted by Gasteiger charge is 2.04. The van der Waals surface area contributed by atoms with Crippen LogP contribution in [0.15, 0.2) is 23.4 Å². The fraction of sp³-hybridized carbons (Fsp3) is 0.385. The Kier molecular flexibility index (Phi) is 5.94. The Bertz CT molecular complexity index is 559. The maximum absolute atomic E-state index is 5.92. The molecule has 2 N–H and O–H groups in total. The fourth-order valence-corrected chi connectivity index (χ4v) is 2.98. The number of thioether (sulfide) groups is 1. The number of aromatic nitrogens is 2. The van der Waals surface area contributed by atoms with E-state index < -0.39 is 0 Å². The van der Waals surface area contributed by atoms with Crippen LogP contribution in [0.4, 0.5) is 11.6 Å². The van der Waals surface area contributed by atoms with Crippen molar-refractivity contribution in [1.82, 2.24) is 9.97 Å². The molecule has 0 bridgehead atoms. The lowest BCUT2D eigenvalue weighted by molar-refractivity contribution is 0.923. The number of hydrogen-bond donors (Lipinski definition) is 2. The van der Waals surface area contributed by atoms with Gasteiger partial charge in [0, 0.05) is 17.5 Å². The Hall–Kier alpha value is -0.980. The van der Waals surface area contributed by atoms with Gasteiger partial charge in [0.2, 0.25) is 0 Å². The summed E-state index contributed by atoms with van der Waals surface area (Å²) < 4.78 is 0.805. The van der Waals surface area contributed by atoms with Gasteiger partial charge in [0.25, 0.3) is 0 Å². The summed E-state index contributed by atoms with van der Waals surface area (Å²) in [6.07, 6.45) is 3.04. The fourth-order valence-electron chi connectivity index (χ4n) is 1.58. The molecule has 2 heterocycles. The van der Waals surface area contributed by atoms with Crippen LogP contribution in [0.5, 0.6) is 0 Å². The molecule has 0 amide bonds. The van der Waals surface area contributed by atoms with E-state index in [0.29, 0.717) is 0 Å². The van der Waals surface area contributed by atoms with Crippen LogP contribution in [0.25, 0.3) is 0 Å². The molecule has 0 saturated heterocycles.